The van der Waals surface area contributed by atoms with Gasteiger partial charge >= 0.3 is 6.09 Å². The number of nitrogens with zero attached hydrogens (tertiary/aromatic N) is 3. The number of anilines is 1. The topological polar surface area (TPSA) is 56.6 Å². The predicted octanol–water partition coefficient (Wildman–Crippen LogP) is 3.31. The van der Waals surface area contributed by atoms with Gasteiger partial charge in [-0.2, -0.15) is 5.10 Å². The normalized spacial score (nSPS) is 13.8. The number of carbonyl (C=O) groups is 1. The minimum Gasteiger partial charge on any atom is -0.496 e. The lowest BCUT2D eigenvalue weighted by Crippen LogP contribution is -2.35. The van der Waals surface area contributed by atoms with Gasteiger partial charge in [-0.1, -0.05) is 12.1 Å². The van der Waals surface area contributed by atoms with Crippen LogP contribution in [0.25, 0.3) is 11.3 Å². The van der Waals surface area contributed by atoms with E-state index in [4.69, 9.17) is 9.47 Å². The summed E-state index contributed by atoms with van der Waals surface area (Å²) in [6, 6.07) is 9.60. The molecule has 0 fully saturated rings. The molecule has 0 spiro atoms. The van der Waals surface area contributed by atoms with Gasteiger partial charge in [0, 0.05) is 11.6 Å². The van der Waals surface area contributed by atoms with Gasteiger partial charge in [-0.05, 0) is 32.9 Å². The fourth-order valence-electron chi connectivity index (χ4n) is 2.59. The van der Waals surface area contributed by atoms with Crippen LogP contribution in [0.1, 0.15) is 20.8 Å². The van der Waals surface area contributed by atoms with Crippen molar-refractivity contribution in [3.05, 3.63) is 30.3 Å². The van der Waals surface area contributed by atoms with Crippen LogP contribution in [0.2, 0.25) is 0 Å². The van der Waals surface area contributed by atoms with Crippen molar-refractivity contribution in [2.45, 2.75) is 32.9 Å². The second-order valence-electron chi connectivity index (χ2n) is 6.44. The van der Waals surface area contributed by atoms with Gasteiger partial charge < -0.3 is 9.47 Å². The number of aromatic nitrogens is 2. The molecule has 6 heteroatoms. The fourth-order valence-corrected chi connectivity index (χ4v) is 2.59. The molecule has 1 aromatic heterocycles. The highest BCUT2D eigenvalue weighted by atomic mass is 16.6. The summed E-state index contributed by atoms with van der Waals surface area (Å²) in [7, 11) is 1.63. The Bertz CT molecular complexity index is 731. The summed E-state index contributed by atoms with van der Waals surface area (Å²) in [6.45, 7) is 6.81. The summed E-state index contributed by atoms with van der Waals surface area (Å²) in [5, 5.41) is 4.59. The molecule has 1 amide bonds. The summed E-state index contributed by atoms with van der Waals surface area (Å²) in [5.74, 6) is 1.51. The lowest BCUT2D eigenvalue weighted by atomic mass is 10.1. The Balaban J connectivity index is 1.90. The first-order valence-electron chi connectivity index (χ1n) is 7.61. The van der Waals surface area contributed by atoms with Crippen LogP contribution < -0.4 is 9.64 Å². The number of hydrogen-bond acceptors (Lipinski definition) is 4. The van der Waals surface area contributed by atoms with Crippen molar-refractivity contribution in [3.8, 4) is 17.0 Å². The third kappa shape index (κ3) is 3.02. The molecule has 6 nitrogen and oxygen atoms in total. The van der Waals surface area contributed by atoms with E-state index in [1.54, 1.807) is 12.0 Å². The number of fused-ring (bicyclic) bond motifs is 1. The lowest BCUT2D eigenvalue weighted by molar-refractivity contribution is 0.0584. The monoisotopic (exact) mass is 315 g/mol. The van der Waals surface area contributed by atoms with Gasteiger partial charge in [0.05, 0.1) is 25.9 Å². The number of ether oxygens (including phenoxy) is 2. The van der Waals surface area contributed by atoms with E-state index < -0.39 is 5.60 Å². The van der Waals surface area contributed by atoms with E-state index in [2.05, 4.69) is 5.10 Å². The largest absolute Gasteiger partial charge is 0.496 e. The van der Waals surface area contributed by atoms with Gasteiger partial charge in [-0.15, -0.1) is 0 Å². The summed E-state index contributed by atoms with van der Waals surface area (Å²) in [6.07, 6.45) is -0.345. The molecule has 0 saturated carbocycles. The van der Waals surface area contributed by atoms with E-state index in [0.717, 1.165) is 22.8 Å². The van der Waals surface area contributed by atoms with E-state index in [-0.39, 0.29) is 6.09 Å². The first kappa shape index (κ1) is 15.4. The van der Waals surface area contributed by atoms with Crippen molar-refractivity contribution >= 4 is 11.9 Å². The number of para-hydroxylation sites is 1. The third-order valence-corrected chi connectivity index (χ3v) is 3.57. The number of benzene rings is 1. The molecule has 0 bridgehead atoms. The second kappa shape index (κ2) is 5.61. The highest BCUT2D eigenvalue weighted by Gasteiger charge is 2.31. The van der Waals surface area contributed by atoms with Crippen molar-refractivity contribution in [2.24, 2.45) is 0 Å². The summed E-state index contributed by atoms with van der Waals surface area (Å²) >= 11 is 0. The van der Waals surface area contributed by atoms with Crippen LogP contribution in [-0.2, 0) is 11.3 Å². The molecule has 0 atom stereocenters. The molecule has 2 aromatic rings. The number of rotatable bonds is 2. The molecule has 1 aliphatic rings. The molecule has 0 radical (unpaired) electrons. The van der Waals surface area contributed by atoms with Gasteiger partial charge in [0.1, 0.15) is 17.2 Å². The highest BCUT2D eigenvalue weighted by molar-refractivity contribution is 5.88. The van der Waals surface area contributed by atoms with Gasteiger partial charge in [0.25, 0.3) is 0 Å². The first-order chi connectivity index (χ1) is 10.9. The van der Waals surface area contributed by atoms with Crippen molar-refractivity contribution in [2.75, 3.05) is 18.6 Å². The van der Waals surface area contributed by atoms with E-state index in [1.807, 2.05) is 55.8 Å². The van der Waals surface area contributed by atoms with E-state index >= 15 is 0 Å². The average Bonchev–Trinajstić information content (AvgIpc) is 3.05. The van der Waals surface area contributed by atoms with Crippen molar-refractivity contribution in [1.29, 1.82) is 0 Å². The van der Waals surface area contributed by atoms with Gasteiger partial charge in [0.15, 0.2) is 0 Å². The fraction of sp³-hybridized carbons (Fsp3) is 0.412. The molecule has 122 valence electrons. The van der Waals surface area contributed by atoms with Gasteiger partial charge in [-0.3, -0.25) is 4.90 Å². The smallest absolute Gasteiger partial charge is 0.416 e. The van der Waals surface area contributed by atoms with Crippen LogP contribution in [-0.4, -0.2) is 35.1 Å². The maximum atomic E-state index is 12.3. The van der Waals surface area contributed by atoms with Crippen LogP contribution in [0.3, 0.4) is 0 Å². The molecule has 0 saturated heterocycles. The number of hydrogen-bond donors (Lipinski definition) is 0. The molecule has 23 heavy (non-hydrogen) atoms. The van der Waals surface area contributed by atoms with Crippen LogP contribution in [0.5, 0.6) is 5.75 Å². The molecule has 0 unspecified atom stereocenters. The zero-order chi connectivity index (χ0) is 16.6. The van der Waals surface area contributed by atoms with Crippen LogP contribution in [0.15, 0.2) is 30.3 Å². The number of carbonyl (C=O) groups excluding carboxylic acids is 1. The third-order valence-electron chi connectivity index (χ3n) is 3.57. The van der Waals surface area contributed by atoms with Crippen LogP contribution in [0, 0.1) is 0 Å². The molecule has 3 rings (SSSR count). The molecule has 0 N–H and O–H groups in total. The number of amides is 1. The minimum absolute atomic E-state index is 0.345. The summed E-state index contributed by atoms with van der Waals surface area (Å²) < 4.78 is 12.7. The Morgan fingerprint density at radius 1 is 1.22 bits per heavy atom. The highest BCUT2D eigenvalue weighted by Crippen LogP contribution is 2.33. The van der Waals surface area contributed by atoms with E-state index in [0.29, 0.717) is 13.1 Å². The van der Waals surface area contributed by atoms with E-state index in [9.17, 15) is 4.79 Å². The Morgan fingerprint density at radius 2 is 1.96 bits per heavy atom. The maximum Gasteiger partial charge on any atom is 0.416 e. The van der Waals surface area contributed by atoms with Crippen LogP contribution in [0.4, 0.5) is 10.6 Å². The molecule has 1 aliphatic heterocycles. The quantitative estimate of drug-likeness (QED) is 0.853. The van der Waals surface area contributed by atoms with Crippen LogP contribution >= 0.6 is 0 Å². The SMILES string of the molecule is COc1ccccc1-c1cc2n(n1)CCN2C(=O)OC(C)(C)C. The minimum atomic E-state index is -0.518. The van der Waals surface area contributed by atoms with E-state index in [1.165, 1.54) is 0 Å². The maximum absolute atomic E-state index is 12.3. The van der Waals surface area contributed by atoms with Gasteiger partial charge in [-0.25, -0.2) is 9.48 Å². The van der Waals surface area contributed by atoms with Gasteiger partial charge in [0.2, 0.25) is 0 Å². The average molecular weight is 315 g/mol. The molecular formula is C17H21N3O3. The molecular weight excluding hydrogens is 294 g/mol. The summed E-state index contributed by atoms with van der Waals surface area (Å²) in [4.78, 5) is 14.0. The van der Waals surface area contributed by atoms with Crippen molar-refractivity contribution < 1.29 is 14.3 Å². The number of methoxy groups -OCH3 is 1. The second-order valence-corrected chi connectivity index (χ2v) is 6.44. The zero-order valence-electron chi connectivity index (χ0n) is 13.9. The predicted molar refractivity (Wildman–Crippen MR) is 87.8 cm³/mol. The standard InChI is InChI=1S/C17H21N3O3/c1-17(2,3)23-16(21)19-9-10-20-15(19)11-13(18-20)12-7-5-6-8-14(12)22-4/h5-8,11H,9-10H2,1-4H3. The zero-order valence-corrected chi connectivity index (χ0v) is 13.9. The Hall–Kier alpha value is -2.50. The van der Waals surface area contributed by atoms with Crippen molar-refractivity contribution in [3.63, 3.8) is 0 Å². The Labute approximate surface area is 135 Å². The molecule has 0 aliphatic carbocycles. The summed E-state index contributed by atoms with van der Waals surface area (Å²) in [5.41, 5.74) is 1.17. The molecule has 2 heterocycles. The first-order valence-corrected chi connectivity index (χ1v) is 7.61. The Morgan fingerprint density at radius 3 is 2.65 bits per heavy atom. The van der Waals surface area contributed by atoms with Crippen molar-refractivity contribution in [1.82, 2.24) is 9.78 Å². The Kier molecular flexibility index (Phi) is 3.75. The molecule has 1 aromatic carbocycles. The lowest BCUT2D eigenvalue weighted by Gasteiger charge is -2.23.